The first-order valence-corrected chi connectivity index (χ1v) is 25.3. The molecule has 2 atom stereocenters. The van der Waals surface area contributed by atoms with E-state index < -0.39 is 16.4 Å². The molecule has 3 heterocycles. The molecule has 11 aromatic rings. The molecule has 10 aromatic carbocycles. The number of rotatable bonds is 3. The lowest BCUT2D eigenvalue weighted by Crippen LogP contribution is -2.61. The number of ether oxygens (including phenoxy) is 1. The van der Waals surface area contributed by atoms with Gasteiger partial charge in [0.05, 0.1) is 27.4 Å². The van der Waals surface area contributed by atoms with E-state index in [0.29, 0.717) is 0 Å². The number of aromatic nitrogens is 1. The topological polar surface area (TPSA) is 17.4 Å². The second kappa shape index (κ2) is 14.3. The lowest BCUT2D eigenvalue weighted by atomic mass is 9.52. The molecule has 1 aromatic heterocycles. The SMILES string of the molecule is CC12C=CC=CC1C1(c3ccccc3Oc3ccccc31)c1cc(-c3ccc4c(c3)c3ccccc3n4-c3ccccc3)ccc1N2c1ccc2c(c1)C1(c3ccccc3-c3ccccc31)c1ccccc1-2. The Morgan fingerprint density at radius 2 is 0.958 bits per heavy atom. The lowest BCUT2D eigenvalue weighted by Gasteiger charge is -2.60. The molecule has 3 nitrogen and oxygen atoms in total. The van der Waals surface area contributed by atoms with E-state index in [0.717, 1.165) is 17.2 Å². The monoisotopic (exact) mass is 918 g/mol. The van der Waals surface area contributed by atoms with Crippen molar-refractivity contribution >= 4 is 33.2 Å². The number of anilines is 2. The molecule has 0 N–H and O–H groups in total. The van der Waals surface area contributed by atoms with Gasteiger partial charge in [0.1, 0.15) is 11.5 Å². The summed E-state index contributed by atoms with van der Waals surface area (Å²) in [6.07, 6.45) is 9.49. The molecule has 0 saturated carbocycles. The quantitative estimate of drug-likeness (QED) is 0.176. The largest absolute Gasteiger partial charge is 0.457 e. The Balaban J connectivity index is 0.980. The van der Waals surface area contributed by atoms with Crippen molar-refractivity contribution in [2.45, 2.75) is 23.3 Å². The molecule has 3 heteroatoms. The fraction of sp³-hybridized carbons (Fsp3) is 0.0725. The summed E-state index contributed by atoms with van der Waals surface area (Å²) in [7, 11) is 0. The third-order valence-corrected chi connectivity index (χ3v) is 17.2. The van der Waals surface area contributed by atoms with E-state index in [1.54, 1.807) is 0 Å². The van der Waals surface area contributed by atoms with Gasteiger partial charge in [-0.05, 0) is 135 Å². The number of hydrogen-bond donors (Lipinski definition) is 0. The van der Waals surface area contributed by atoms with Gasteiger partial charge in [-0.2, -0.15) is 0 Å². The van der Waals surface area contributed by atoms with Crippen LogP contribution in [0.3, 0.4) is 0 Å². The molecule has 3 aliphatic carbocycles. The maximum Gasteiger partial charge on any atom is 0.131 e. The second-order valence-electron chi connectivity index (χ2n) is 20.5. The first kappa shape index (κ1) is 39.9. The van der Waals surface area contributed by atoms with Crippen molar-refractivity contribution in [1.82, 2.24) is 4.57 Å². The summed E-state index contributed by atoms with van der Waals surface area (Å²) in [6.45, 7) is 2.46. The highest BCUT2D eigenvalue weighted by Crippen LogP contribution is 2.67. The van der Waals surface area contributed by atoms with Gasteiger partial charge in [-0.3, -0.25) is 0 Å². The molecule has 2 spiro atoms. The van der Waals surface area contributed by atoms with Crippen molar-refractivity contribution in [3.63, 3.8) is 0 Å². The van der Waals surface area contributed by atoms with Crippen LogP contribution in [0.1, 0.15) is 45.9 Å². The van der Waals surface area contributed by atoms with Gasteiger partial charge in [0.15, 0.2) is 0 Å². The van der Waals surface area contributed by atoms with E-state index in [-0.39, 0.29) is 5.92 Å². The number of para-hydroxylation sites is 4. The molecule has 0 fully saturated rings. The molecule has 0 radical (unpaired) electrons. The fourth-order valence-corrected chi connectivity index (χ4v) is 14.5. The van der Waals surface area contributed by atoms with Gasteiger partial charge in [0, 0.05) is 44.9 Å². The van der Waals surface area contributed by atoms with Gasteiger partial charge in [-0.25, -0.2) is 0 Å². The zero-order valence-corrected chi connectivity index (χ0v) is 39.6. The molecule has 16 rings (SSSR count). The third-order valence-electron chi connectivity index (χ3n) is 17.2. The second-order valence-corrected chi connectivity index (χ2v) is 20.5. The van der Waals surface area contributed by atoms with Crippen LogP contribution in [-0.2, 0) is 10.8 Å². The molecule has 2 aliphatic heterocycles. The Morgan fingerprint density at radius 1 is 0.403 bits per heavy atom. The van der Waals surface area contributed by atoms with Gasteiger partial charge in [-0.15, -0.1) is 0 Å². The van der Waals surface area contributed by atoms with Crippen molar-refractivity contribution in [3.8, 4) is 50.6 Å². The highest BCUT2D eigenvalue weighted by Gasteiger charge is 2.61. The van der Waals surface area contributed by atoms with Crippen LogP contribution in [0, 0.1) is 5.92 Å². The van der Waals surface area contributed by atoms with Crippen LogP contribution < -0.4 is 9.64 Å². The number of benzene rings is 10. The zero-order chi connectivity index (χ0) is 47.3. The van der Waals surface area contributed by atoms with Crippen molar-refractivity contribution < 1.29 is 4.74 Å². The third kappa shape index (κ3) is 4.90. The number of nitrogens with zero attached hydrogens (tertiary/aromatic N) is 2. The normalized spacial score (nSPS) is 18.5. The highest BCUT2D eigenvalue weighted by molar-refractivity contribution is 6.10. The number of allylic oxidation sites excluding steroid dienone is 2. The van der Waals surface area contributed by atoms with Crippen molar-refractivity contribution in [2.75, 3.05) is 4.90 Å². The lowest BCUT2D eigenvalue weighted by molar-refractivity contribution is 0.276. The van der Waals surface area contributed by atoms with Crippen molar-refractivity contribution in [1.29, 1.82) is 0 Å². The van der Waals surface area contributed by atoms with E-state index in [1.807, 2.05) is 0 Å². The van der Waals surface area contributed by atoms with Crippen LogP contribution in [0.4, 0.5) is 11.4 Å². The number of fused-ring (bicyclic) bond motifs is 21. The molecule has 0 amide bonds. The summed E-state index contributed by atoms with van der Waals surface area (Å²) in [5.41, 5.74) is 20.8. The smallest absolute Gasteiger partial charge is 0.131 e. The van der Waals surface area contributed by atoms with Gasteiger partial charge in [0.2, 0.25) is 0 Å². The Kier molecular flexibility index (Phi) is 7.94. The Hall–Kier alpha value is -8.92. The predicted molar refractivity (Wildman–Crippen MR) is 294 cm³/mol. The van der Waals surface area contributed by atoms with E-state index in [9.17, 15) is 0 Å². The van der Waals surface area contributed by atoms with Crippen LogP contribution in [-0.4, -0.2) is 10.1 Å². The van der Waals surface area contributed by atoms with Crippen LogP contribution in [0.2, 0.25) is 0 Å². The summed E-state index contributed by atoms with van der Waals surface area (Å²) < 4.78 is 9.32. The number of hydrogen-bond acceptors (Lipinski definition) is 2. The predicted octanol–water partition coefficient (Wildman–Crippen LogP) is 16.9. The fourth-order valence-electron chi connectivity index (χ4n) is 14.5. The summed E-state index contributed by atoms with van der Waals surface area (Å²) >= 11 is 0. The van der Waals surface area contributed by atoms with Gasteiger partial charge >= 0.3 is 0 Å². The van der Waals surface area contributed by atoms with E-state index >= 15 is 0 Å². The molecule has 338 valence electrons. The molecule has 5 aliphatic rings. The van der Waals surface area contributed by atoms with Gasteiger partial charge in [0.25, 0.3) is 0 Å². The molecule has 0 saturated heterocycles. The van der Waals surface area contributed by atoms with Crippen LogP contribution in [0.25, 0.3) is 60.9 Å². The van der Waals surface area contributed by atoms with Crippen LogP contribution in [0.5, 0.6) is 11.5 Å². The summed E-state index contributed by atoms with van der Waals surface area (Å²) in [6, 6.07) is 86.2. The van der Waals surface area contributed by atoms with Crippen LogP contribution >= 0.6 is 0 Å². The molecule has 2 unspecified atom stereocenters. The maximum absolute atomic E-state index is 6.92. The first-order chi connectivity index (χ1) is 35.6. The average Bonchev–Trinajstić information content (AvgIpc) is 4.04. The minimum atomic E-state index is -0.631. The zero-order valence-electron chi connectivity index (χ0n) is 39.6. The van der Waals surface area contributed by atoms with Gasteiger partial charge in [-0.1, -0.05) is 188 Å². The van der Waals surface area contributed by atoms with Crippen LogP contribution in [0.15, 0.2) is 255 Å². The minimum Gasteiger partial charge on any atom is -0.457 e. The molecular weight excluding hydrogens is 873 g/mol. The Bertz CT molecular complexity index is 4080. The highest BCUT2D eigenvalue weighted by atomic mass is 16.5. The summed E-state index contributed by atoms with van der Waals surface area (Å²) in [5.74, 6) is 1.75. The summed E-state index contributed by atoms with van der Waals surface area (Å²) in [5, 5.41) is 2.48. The average molecular weight is 919 g/mol. The Morgan fingerprint density at radius 3 is 1.65 bits per heavy atom. The van der Waals surface area contributed by atoms with E-state index in [1.165, 1.54) is 106 Å². The van der Waals surface area contributed by atoms with Crippen molar-refractivity contribution in [3.05, 3.63) is 294 Å². The molecule has 0 bridgehead atoms. The van der Waals surface area contributed by atoms with Gasteiger partial charge < -0.3 is 14.2 Å². The summed E-state index contributed by atoms with van der Waals surface area (Å²) in [4.78, 5) is 2.68. The first-order valence-electron chi connectivity index (χ1n) is 25.3. The minimum absolute atomic E-state index is 0.0531. The Labute approximate surface area is 418 Å². The van der Waals surface area contributed by atoms with E-state index in [2.05, 4.69) is 271 Å². The standard InChI is InChI=1S/C69H46N2O/c1-67-40-18-17-33-66(67)69(57-28-12-15-31-64(57)72-65-32-16-13-29-58(65)69)60-42-45(44-34-38-62-53(41-44)52-24-8-14-30-61(52)70(62)46-19-3-2-4-20-46)35-39-63(60)71(67)47-36-37-51-50-23-7-11-27-56(50)68(59(51)43-47)54-25-9-5-21-48(54)49-22-6-10-26-55(49)68/h2-43,66H,1H3. The molecular formula is C69H46N2O. The van der Waals surface area contributed by atoms with E-state index in [4.69, 9.17) is 4.74 Å². The van der Waals surface area contributed by atoms with Crippen molar-refractivity contribution in [2.24, 2.45) is 5.92 Å². The molecule has 72 heavy (non-hydrogen) atoms. The maximum atomic E-state index is 6.92.